The number of hydrogen-bond donors (Lipinski definition) is 1. The average molecular weight is 552 g/mol. The Morgan fingerprint density at radius 3 is 2.42 bits per heavy atom. The van der Waals surface area contributed by atoms with Crippen LogP contribution in [0.3, 0.4) is 0 Å². The number of hydrogen-bond acceptors (Lipinski definition) is 6. The first-order valence-electron chi connectivity index (χ1n) is 12.3. The van der Waals surface area contributed by atoms with Crippen LogP contribution in [0.5, 0.6) is 5.75 Å². The fourth-order valence-corrected chi connectivity index (χ4v) is 6.08. The molecule has 0 unspecified atom stereocenters. The van der Waals surface area contributed by atoms with Gasteiger partial charge in [-0.25, -0.2) is 18.0 Å². The molecule has 1 aliphatic carbocycles. The fraction of sp³-hybridized carbons (Fsp3) is 0.241. The molecular weight excluding hydrogens is 526 g/mol. The van der Waals surface area contributed by atoms with Gasteiger partial charge in [0, 0.05) is 17.0 Å². The summed E-state index contributed by atoms with van der Waals surface area (Å²) in [7, 11) is -4.04. The van der Waals surface area contributed by atoms with E-state index in [0.29, 0.717) is 17.4 Å². The highest BCUT2D eigenvalue weighted by Gasteiger charge is 2.29. The predicted molar refractivity (Wildman–Crippen MR) is 145 cm³/mol. The van der Waals surface area contributed by atoms with Crippen LogP contribution in [0.1, 0.15) is 35.1 Å². The van der Waals surface area contributed by atoms with Crippen molar-refractivity contribution in [3.8, 4) is 5.75 Å². The summed E-state index contributed by atoms with van der Waals surface area (Å²) in [6.45, 7) is 1.85. The SMILES string of the molecule is Cc1ccc(S(=O)(=O)N[C@@H](Cc2ccccc2)C(=O)Oc2cc3oc(=O)c4c(c3cc2Cl)CCCC4)cc1. The van der Waals surface area contributed by atoms with Gasteiger partial charge < -0.3 is 9.15 Å². The van der Waals surface area contributed by atoms with Crippen LogP contribution in [0.25, 0.3) is 11.0 Å². The van der Waals surface area contributed by atoms with Crippen molar-refractivity contribution < 1.29 is 22.4 Å². The van der Waals surface area contributed by atoms with Gasteiger partial charge in [-0.1, -0.05) is 59.6 Å². The molecule has 1 heterocycles. The number of fused-ring (bicyclic) bond motifs is 3. The lowest BCUT2D eigenvalue weighted by Crippen LogP contribution is -2.44. The topological polar surface area (TPSA) is 103 Å². The first-order chi connectivity index (χ1) is 18.2. The fourth-order valence-electron chi connectivity index (χ4n) is 4.70. The minimum absolute atomic E-state index is 0.0179. The number of nitrogens with one attached hydrogen (secondary N) is 1. The standard InChI is InChI=1S/C29H26ClNO6S/c1-18-11-13-20(14-12-18)38(34,35)31-25(15-19-7-3-2-4-8-19)29(33)37-27-17-26-23(16-24(27)30)21-9-5-6-10-22(21)28(32)36-26/h2-4,7-8,11-14,16-17,25,31H,5-6,9-10,15H2,1H3/t25-/m0/s1. The van der Waals surface area contributed by atoms with Crippen LogP contribution in [0.4, 0.5) is 0 Å². The number of carbonyl (C=O) groups excluding carboxylic acids is 1. The van der Waals surface area contributed by atoms with Crippen LogP contribution < -0.4 is 15.1 Å². The van der Waals surface area contributed by atoms with E-state index in [2.05, 4.69) is 4.72 Å². The number of esters is 1. The molecule has 0 saturated carbocycles. The van der Waals surface area contributed by atoms with E-state index >= 15 is 0 Å². The van der Waals surface area contributed by atoms with Gasteiger partial charge >= 0.3 is 11.6 Å². The highest BCUT2D eigenvalue weighted by Crippen LogP contribution is 2.34. The van der Waals surface area contributed by atoms with Crippen molar-refractivity contribution in [2.75, 3.05) is 0 Å². The molecule has 0 radical (unpaired) electrons. The van der Waals surface area contributed by atoms with E-state index in [4.69, 9.17) is 20.8 Å². The lowest BCUT2D eigenvalue weighted by atomic mass is 9.90. The molecule has 0 aliphatic heterocycles. The van der Waals surface area contributed by atoms with E-state index in [9.17, 15) is 18.0 Å². The van der Waals surface area contributed by atoms with Crippen LogP contribution in [0, 0.1) is 6.92 Å². The maximum atomic E-state index is 13.4. The van der Waals surface area contributed by atoms with Gasteiger partial charge in [0.05, 0.1) is 9.92 Å². The lowest BCUT2D eigenvalue weighted by molar-refractivity contribution is -0.136. The molecule has 4 aromatic rings. The van der Waals surface area contributed by atoms with Gasteiger partial charge in [-0.3, -0.25) is 0 Å². The molecular formula is C29H26ClNO6S. The molecule has 0 saturated heterocycles. The zero-order valence-electron chi connectivity index (χ0n) is 20.7. The Morgan fingerprint density at radius 2 is 1.71 bits per heavy atom. The van der Waals surface area contributed by atoms with E-state index in [1.807, 2.05) is 13.0 Å². The van der Waals surface area contributed by atoms with E-state index in [1.165, 1.54) is 18.2 Å². The molecule has 0 bridgehead atoms. The van der Waals surface area contributed by atoms with E-state index in [-0.39, 0.29) is 27.7 Å². The van der Waals surface area contributed by atoms with Crippen molar-refractivity contribution in [2.45, 2.75) is 50.0 Å². The van der Waals surface area contributed by atoms with Crippen LogP contribution >= 0.6 is 11.6 Å². The third kappa shape index (κ3) is 5.53. The van der Waals surface area contributed by atoms with Crippen molar-refractivity contribution in [1.29, 1.82) is 0 Å². The molecule has 196 valence electrons. The second-order valence-corrected chi connectivity index (χ2v) is 11.6. The third-order valence-corrected chi connectivity index (χ3v) is 8.47. The van der Waals surface area contributed by atoms with Crippen molar-refractivity contribution in [1.82, 2.24) is 4.72 Å². The molecule has 0 amide bonds. The van der Waals surface area contributed by atoms with Gasteiger partial charge in [-0.15, -0.1) is 0 Å². The molecule has 1 N–H and O–H groups in total. The molecule has 0 fully saturated rings. The van der Waals surface area contributed by atoms with Crippen molar-refractivity contribution >= 4 is 38.6 Å². The van der Waals surface area contributed by atoms with Gasteiger partial charge in [0.2, 0.25) is 10.0 Å². The van der Waals surface area contributed by atoms with Crippen molar-refractivity contribution in [2.24, 2.45) is 0 Å². The monoisotopic (exact) mass is 551 g/mol. The van der Waals surface area contributed by atoms with Gasteiger partial charge in [0.15, 0.2) is 5.75 Å². The number of ether oxygens (including phenoxy) is 1. The van der Waals surface area contributed by atoms with E-state index in [0.717, 1.165) is 36.0 Å². The molecule has 38 heavy (non-hydrogen) atoms. The largest absolute Gasteiger partial charge is 0.424 e. The molecule has 5 rings (SSSR count). The number of benzene rings is 3. The molecule has 3 aromatic carbocycles. The van der Waals surface area contributed by atoms with E-state index in [1.54, 1.807) is 42.5 Å². The smallest absolute Gasteiger partial charge is 0.339 e. The van der Waals surface area contributed by atoms with Gasteiger partial charge in [0.1, 0.15) is 11.6 Å². The van der Waals surface area contributed by atoms with Gasteiger partial charge in [0.25, 0.3) is 0 Å². The average Bonchev–Trinajstić information content (AvgIpc) is 2.90. The summed E-state index contributed by atoms with van der Waals surface area (Å²) in [6, 6.07) is 17.1. The zero-order valence-corrected chi connectivity index (χ0v) is 22.3. The maximum Gasteiger partial charge on any atom is 0.339 e. The summed E-state index contributed by atoms with van der Waals surface area (Å²) < 4.78 is 39.9. The Hall–Kier alpha value is -3.46. The number of carbonyl (C=O) groups is 1. The Morgan fingerprint density at radius 1 is 1.03 bits per heavy atom. The first kappa shape index (κ1) is 26.2. The summed E-state index contributed by atoms with van der Waals surface area (Å²) in [4.78, 5) is 25.9. The molecule has 7 nitrogen and oxygen atoms in total. The quantitative estimate of drug-likeness (QED) is 0.194. The number of rotatable bonds is 7. The molecule has 1 atom stereocenters. The van der Waals surface area contributed by atoms with Crippen LogP contribution in [0.15, 0.2) is 80.8 Å². The second-order valence-electron chi connectivity index (χ2n) is 9.43. The Kier molecular flexibility index (Phi) is 7.38. The molecule has 0 spiro atoms. The van der Waals surface area contributed by atoms with Crippen LogP contribution in [0.2, 0.25) is 5.02 Å². The first-order valence-corrected chi connectivity index (χ1v) is 14.2. The second kappa shape index (κ2) is 10.7. The van der Waals surface area contributed by atoms with Crippen LogP contribution in [-0.4, -0.2) is 20.4 Å². The summed E-state index contributed by atoms with van der Waals surface area (Å²) in [5, 5.41) is 0.873. The number of aryl methyl sites for hydroxylation is 2. The lowest BCUT2D eigenvalue weighted by Gasteiger charge is -2.19. The highest BCUT2D eigenvalue weighted by molar-refractivity contribution is 7.89. The van der Waals surface area contributed by atoms with Gasteiger partial charge in [-0.2, -0.15) is 4.72 Å². The number of halogens is 1. The summed E-state index contributed by atoms with van der Waals surface area (Å²) in [5.41, 5.74) is 3.08. The maximum absolute atomic E-state index is 13.4. The normalized spacial score (nSPS) is 14.2. The summed E-state index contributed by atoms with van der Waals surface area (Å²) in [6.07, 6.45) is 3.34. The Balaban J connectivity index is 1.47. The minimum atomic E-state index is -4.04. The molecule has 9 heteroatoms. The predicted octanol–water partition coefficient (Wildman–Crippen LogP) is 5.13. The minimum Gasteiger partial charge on any atom is -0.424 e. The van der Waals surface area contributed by atoms with Crippen LogP contribution in [-0.2, 0) is 34.1 Å². The molecule has 1 aromatic heterocycles. The Bertz CT molecular complexity index is 1660. The van der Waals surface area contributed by atoms with Crippen molar-refractivity contribution in [3.05, 3.63) is 104 Å². The zero-order chi connectivity index (χ0) is 26.9. The third-order valence-electron chi connectivity index (χ3n) is 6.68. The number of sulfonamides is 1. The summed E-state index contributed by atoms with van der Waals surface area (Å²) >= 11 is 6.50. The van der Waals surface area contributed by atoms with Gasteiger partial charge in [-0.05, 0) is 68.4 Å². The van der Waals surface area contributed by atoms with E-state index < -0.39 is 27.7 Å². The Labute approximate surface area is 225 Å². The summed E-state index contributed by atoms with van der Waals surface area (Å²) in [5.74, 6) is -0.859. The van der Waals surface area contributed by atoms with Crippen molar-refractivity contribution in [3.63, 3.8) is 0 Å². The highest BCUT2D eigenvalue weighted by atomic mass is 35.5. The molecule has 1 aliphatic rings.